The highest BCUT2D eigenvalue weighted by molar-refractivity contribution is 7.89. The van der Waals surface area contributed by atoms with Gasteiger partial charge in [0.25, 0.3) is 0 Å². The van der Waals surface area contributed by atoms with E-state index in [1.54, 1.807) is 42.5 Å². The zero-order valence-corrected chi connectivity index (χ0v) is 17.5. The first-order valence-corrected chi connectivity index (χ1v) is 11.4. The zero-order valence-electron chi connectivity index (χ0n) is 14.3. The number of thiophene rings is 1. The van der Waals surface area contributed by atoms with E-state index in [9.17, 15) is 13.2 Å². The minimum atomic E-state index is -3.36. The third-order valence-electron chi connectivity index (χ3n) is 3.54. The van der Waals surface area contributed by atoms with Crippen LogP contribution in [0.2, 0.25) is 10.0 Å². The molecule has 0 unspecified atom stereocenters. The summed E-state index contributed by atoms with van der Waals surface area (Å²) in [4.78, 5) is 12.0. The second-order valence-electron chi connectivity index (χ2n) is 5.78. The van der Waals surface area contributed by atoms with E-state index < -0.39 is 16.0 Å². The van der Waals surface area contributed by atoms with Gasteiger partial charge in [-0.3, -0.25) is 0 Å². The monoisotopic (exact) mass is 447 g/mol. The standard InChI is InChI=1S/C18H19Cl2NO4S2/c19-14-10-13(11-15(20)12-14)4-1-2-9-27(24,25)21-8-3-5-16-6-7-17(26-16)18(22)23/h1,4,6-7,10-12,21H,2-3,5,8-9H2,(H,22,23)/b4-1+. The van der Waals surface area contributed by atoms with Gasteiger partial charge < -0.3 is 5.11 Å². The topological polar surface area (TPSA) is 83.5 Å². The third kappa shape index (κ3) is 8.02. The van der Waals surface area contributed by atoms with Crippen LogP contribution in [-0.2, 0) is 16.4 Å². The molecule has 1 heterocycles. The number of rotatable bonds is 10. The van der Waals surface area contributed by atoms with Gasteiger partial charge in [-0.2, -0.15) is 0 Å². The first kappa shape index (κ1) is 21.9. The van der Waals surface area contributed by atoms with E-state index in [0.29, 0.717) is 40.7 Å². The maximum absolute atomic E-state index is 12.0. The maximum atomic E-state index is 12.0. The zero-order chi connectivity index (χ0) is 19.9. The lowest BCUT2D eigenvalue weighted by Gasteiger charge is -2.05. The number of allylic oxidation sites excluding steroid dienone is 1. The fourth-order valence-electron chi connectivity index (χ4n) is 2.30. The molecule has 0 atom stereocenters. The van der Waals surface area contributed by atoms with Crippen LogP contribution in [0.4, 0.5) is 0 Å². The fraction of sp³-hybridized carbons (Fsp3) is 0.278. The maximum Gasteiger partial charge on any atom is 0.345 e. The summed E-state index contributed by atoms with van der Waals surface area (Å²) in [5.74, 6) is -0.958. The number of halogens is 2. The highest BCUT2D eigenvalue weighted by atomic mass is 35.5. The van der Waals surface area contributed by atoms with Crippen LogP contribution >= 0.6 is 34.5 Å². The Kier molecular flexibility index (Phi) is 8.31. The van der Waals surface area contributed by atoms with Crippen molar-refractivity contribution in [1.82, 2.24) is 4.72 Å². The first-order valence-electron chi connectivity index (χ1n) is 8.17. The van der Waals surface area contributed by atoms with Crippen molar-refractivity contribution in [3.63, 3.8) is 0 Å². The molecule has 0 saturated heterocycles. The van der Waals surface area contributed by atoms with Gasteiger partial charge in [0.15, 0.2) is 0 Å². The molecule has 0 aliphatic heterocycles. The number of nitrogens with one attached hydrogen (secondary N) is 1. The van der Waals surface area contributed by atoms with Gasteiger partial charge in [0.1, 0.15) is 4.88 Å². The quantitative estimate of drug-likeness (QED) is 0.516. The van der Waals surface area contributed by atoms with E-state index in [1.165, 1.54) is 11.3 Å². The van der Waals surface area contributed by atoms with E-state index in [-0.39, 0.29) is 5.75 Å². The average molecular weight is 448 g/mol. The van der Waals surface area contributed by atoms with Gasteiger partial charge in [-0.05, 0) is 55.2 Å². The van der Waals surface area contributed by atoms with Crippen molar-refractivity contribution < 1.29 is 18.3 Å². The molecule has 2 N–H and O–H groups in total. The summed E-state index contributed by atoms with van der Waals surface area (Å²) in [6.07, 6.45) is 5.16. The van der Waals surface area contributed by atoms with Crippen LogP contribution in [0.3, 0.4) is 0 Å². The molecule has 27 heavy (non-hydrogen) atoms. The van der Waals surface area contributed by atoms with E-state index in [4.69, 9.17) is 28.3 Å². The molecule has 0 amide bonds. The van der Waals surface area contributed by atoms with Crippen molar-refractivity contribution in [2.75, 3.05) is 12.3 Å². The summed E-state index contributed by atoms with van der Waals surface area (Å²) in [5, 5.41) is 9.93. The molecule has 0 spiro atoms. The summed E-state index contributed by atoms with van der Waals surface area (Å²) in [5.41, 5.74) is 0.814. The van der Waals surface area contributed by atoms with Crippen molar-refractivity contribution >= 4 is 56.6 Å². The molecule has 0 aliphatic carbocycles. The van der Waals surface area contributed by atoms with Gasteiger partial charge >= 0.3 is 5.97 Å². The average Bonchev–Trinajstić information content (AvgIpc) is 3.04. The largest absolute Gasteiger partial charge is 0.477 e. The Morgan fingerprint density at radius 3 is 2.52 bits per heavy atom. The number of carboxylic acids is 1. The Labute approximate surface area is 172 Å². The molecule has 9 heteroatoms. The normalized spacial score (nSPS) is 11.9. The van der Waals surface area contributed by atoms with Crippen LogP contribution in [-0.4, -0.2) is 31.8 Å². The predicted octanol–water partition coefficient (Wildman–Crippen LogP) is 4.71. The molecule has 146 valence electrons. The van der Waals surface area contributed by atoms with Crippen molar-refractivity contribution in [3.05, 3.63) is 61.8 Å². The lowest BCUT2D eigenvalue weighted by Crippen LogP contribution is -2.27. The number of hydrogen-bond acceptors (Lipinski definition) is 4. The molecule has 2 aromatic rings. The summed E-state index contributed by atoms with van der Waals surface area (Å²) < 4.78 is 26.5. The highest BCUT2D eigenvalue weighted by Gasteiger charge is 2.09. The number of carbonyl (C=O) groups is 1. The van der Waals surface area contributed by atoms with Crippen LogP contribution in [0.15, 0.2) is 36.4 Å². The number of benzene rings is 1. The lowest BCUT2D eigenvalue weighted by molar-refractivity contribution is 0.0702. The summed E-state index contributed by atoms with van der Waals surface area (Å²) in [6, 6.07) is 8.45. The Balaban J connectivity index is 1.71. The molecule has 0 aliphatic rings. The van der Waals surface area contributed by atoms with Crippen molar-refractivity contribution in [2.45, 2.75) is 19.3 Å². The van der Waals surface area contributed by atoms with Gasteiger partial charge in [0.05, 0.1) is 5.75 Å². The molecule has 0 saturated carbocycles. The Morgan fingerprint density at radius 2 is 1.89 bits per heavy atom. The van der Waals surface area contributed by atoms with Crippen molar-refractivity contribution in [3.8, 4) is 0 Å². The minimum absolute atomic E-state index is 0.0139. The van der Waals surface area contributed by atoms with Crippen molar-refractivity contribution in [2.24, 2.45) is 0 Å². The smallest absolute Gasteiger partial charge is 0.345 e. The lowest BCUT2D eigenvalue weighted by atomic mass is 10.2. The molecule has 5 nitrogen and oxygen atoms in total. The van der Waals surface area contributed by atoms with Gasteiger partial charge in [0.2, 0.25) is 10.0 Å². The second kappa shape index (κ2) is 10.2. The molecule has 0 radical (unpaired) electrons. The Morgan fingerprint density at radius 1 is 1.19 bits per heavy atom. The van der Waals surface area contributed by atoms with Crippen LogP contribution in [0, 0.1) is 0 Å². The number of aryl methyl sites for hydroxylation is 1. The Hall–Kier alpha value is -1.38. The molecule has 2 rings (SSSR count). The second-order valence-corrected chi connectivity index (χ2v) is 9.75. The van der Waals surface area contributed by atoms with Crippen LogP contribution in [0.25, 0.3) is 6.08 Å². The number of hydrogen-bond donors (Lipinski definition) is 2. The first-order chi connectivity index (χ1) is 12.7. The molecule has 1 aromatic carbocycles. The van der Waals surface area contributed by atoms with Crippen LogP contribution in [0.1, 0.15) is 33.0 Å². The van der Waals surface area contributed by atoms with Crippen LogP contribution in [0.5, 0.6) is 0 Å². The summed E-state index contributed by atoms with van der Waals surface area (Å²) in [6.45, 7) is 0.316. The Bertz CT molecular complexity index is 903. The highest BCUT2D eigenvalue weighted by Crippen LogP contribution is 2.20. The van der Waals surface area contributed by atoms with Crippen LogP contribution < -0.4 is 4.72 Å². The number of carboxylic acid groups (broad SMARTS) is 1. The number of sulfonamides is 1. The molecular weight excluding hydrogens is 429 g/mol. The number of aromatic carboxylic acids is 1. The van der Waals surface area contributed by atoms with Gasteiger partial charge in [0, 0.05) is 21.5 Å². The molecule has 0 bridgehead atoms. The molecule has 1 aromatic heterocycles. The minimum Gasteiger partial charge on any atom is -0.477 e. The van der Waals surface area contributed by atoms with Gasteiger partial charge in [-0.15, -0.1) is 11.3 Å². The van der Waals surface area contributed by atoms with Crippen molar-refractivity contribution in [1.29, 1.82) is 0 Å². The van der Waals surface area contributed by atoms with E-state index >= 15 is 0 Å². The summed E-state index contributed by atoms with van der Waals surface area (Å²) >= 11 is 13.0. The fourth-order valence-corrected chi connectivity index (χ4v) is 4.78. The van der Waals surface area contributed by atoms with Gasteiger partial charge in [-0.1, -0.05) is 35.4 Å². The van der Waals surface area contributed by atoms with E-state index in [1.807, 2.05) is 0 Å². The summed E-state index contributed by atoms with van der Waals surface area (Å²) in [7, 11) is -3.36. The SMILES string of the molecule is O=C(O)c1ccc(CCCNS(=O)(=O)CC/C=C/c2cc(Cl)cc(Cl)c2)s1. The van der Waals surface area contributed by atoms with E-state index in [0.717, 1.165) is 10.4 Å². The predicted molar refractivity (Wildman–Crippen MR) is 112 cm³/mol. The molecule has 0 fully saturated rings. The van der Waals surface area contributed by atoms with Gasteiger partial charge in [-0.25, -0.2) is 17.9 Å². The third-order valence-corrected chi connectivity index (χ3v) is 6.53. The van der Waals surface area contributed by atoms with E-state index in [2.05, 4.69) is 4.72 Å². The molecular formula is C18H19Cl2NO4S2.